The molecule has 1 fully saturated rings. The number of barbiturate groups is 1. The third kappa shape index (κ3) is 2.08. The molecule has 1 N–H and O–H groups in total. The largest absolute Gasteiger partial charge is 0.335 e. The van der Waals surface area contributed by atoms with E-state index in [1.54, 1.807) is 38.1 Å². The molecule has 6 heteroatoms. The van der Waals surface area contributed by atoms with Crippen molar-refractivity contribution in [2.24, 2.45) is 5.41 Å². The lowest BCUT2D eigenvalue weighted by molar-refractivity contribution is -0.143. The van der Waals surface area contributed by atoms with Gasteiger partial charge in [-0.2, -0.15) is 0 Å². The minimum atomic E-state index is -1.19. The fraction of sp³-hybridized carbons (Fsp3) is 0.357. The topological polar surface area (TPSA) is 66.5 Å². The number of nitrogens with zero attached hydrogens (tertiary/aromatic N) is 1. The van der Waals surface area contributed by atoms with E-state index in [1.807, 2.05) is 0 Å². The van der Waals surface area contributed by atoms with Gasteiger partial charge in [-0.25, -0.2) is 9.69 Å². The van der Waals surface area contributed by atoms with E-state index in [0.717, 1.165) is 4.90 Å². The number of hydrogen-bond donors (Lipinski definition) is 1. The molecule has 20 heavy (non-hydrogen) atoms. The van der Waals surface area contributed by atoms with Crippen molar-refractivity contribution in [2.75, 3.05) is 4.90 Å². The summed E-state index contributed by atoms with van der Waals surface area (Å²) in [6, 6.07) is 5.61. The quantitative estimate of drug-likeness (QED) is 0.872. The molecular formula is C14H15ClN2O3. The standard InChI is InChI=1S/C14H15ClN2O3/c1-3-14(4-2)11(18)16-13(20)17(12(14)19)10-7-5-9(15)6-8-10/h5-8H,3-4H2,1-2H3,(H,16,18,20). The second-order valence-electron chi connectivity index (χ2n) is 4.67. The van der Waals surface area contributed by atoms with Crippen molar-refractivity contribution in [3.8, 4) is 0 Å². The molecule has 0 aliphatic carbocycles. The minimum absolute atomic E-state index is 0.339. The Balaban J connectivity index is 2.47. The zero-order chi connectivity index (χ0) is 14.9. The zero-order valence-corrected chi connectivity index (χ0v) is 12.0. The highest BCUT2D eigenvalue weighted by atomic mass is 35.5. The molecule has 0 unspecified atom stereocenters. The summed E-state index contributed by atoms with van der Waals surface area (Å²) >= 11 is 5.80. The van der Waals surface area contributed by atoms with Crippen LogP contribution in [-0.2, 0) is 9.59 Å². The van der Waals surface area contributed by atoms with Crippen LogP contribution in [0.25, 0.3) is 0 Å². The summed E-state index contributed by atoms with van der Waals surface area (Å²) in [5, 5.41) is 2.77. The molecule has 1 heterocycles. The molecule has 1 aromatic carbocycles. The number of anilines is 1. The summed E-state index contributed by atoms with van der Waals surface area (Å²) in [7, 11) is 0. The van der Waals surface area contributed by atoms with Crippen molar-refractivity contribution in [1.82, 2.24) is 5.32 Å². The van der Waals surface area contributed by atoms with Crippen LogP contribution in [0.3, 0.4) is 0 Å². The van der Waals surface area contributed by atoms with Gasteiger partial charge < -0.3 is 0 Å². The Hall–Kier alpha value is -1.88. The van der Waals surface area contributed by atoms with Crippen LogP contribution in [0.1, 0.15) is 26.7 Å². The van der Waals surface area contributed by atoms with E-state index in [9.17, 15) is 14.4 Å². The lowest BCUT2D eigenvalue weighted by Gasteiger charge is -2.38. The fourth-order valence-electron chi connectivity index (χ4n) is 2.37. The molecule has 1 aliphatic heterocycles. The molecule has 1 aliphatic rings. The van der Waals surface area contributed by atoms with Crippen LogP contribution >= 0.6 is 11.6 Å². The number of amides is 4. The first-order valence-corrected chi connectivity index (χ1v) is 6.79. The molecule has 0 aromatic heterocycles. The lowest BCUT2D eigenvalue weighted by Crippen LogP contribution is -2.63. The van der Waals surface area contributed by atoms with Gasteiger partial charge in [0.15, 0.2) is 0 Å². The molecule has 5 nitrogen and oxygen atoms in total. The summed E-state index contributed by atoms with van der Waals surface area (Å²) < 4.78 is 0. The predicted molar refractivity (Wildman–Crippen MR) is 75.5 cm³/mol. The Morgan fingerprint density at radius 1 is 1.10 bits per heavy atom. The maximum Gasteiger partial charge on any atom is 0.335 e. The number of benzene rings is 1. The van der Waals surface area contributed by atoms with Gasteiger partial charge in [-0.1, -0.05) is 25.4 Å². The van der Waals surface area contributed by atoms with Crippen LogP contribution in [-0.4, -0.2) is 17.8 Å². The average Bonchev–Trinajstić information content (AvgIpc) is 2.42. The van der Waals surface area contributed by atoms with E-state index in [1.165, 1.54) is 0 Å². The second kappa shape index (κ2) is 5.25. The molecule has 0 saturated carbocycles. The average molecular weight is 295 g/mol. The maximum absolute atomic E-state index is 12.6. The Morgan fingerprint density at radius 2 is 1.65 bits per heavy atom. The number of carbonyl (C=O) groups is 3. The zero-order valence-electron chi connectivity index (χ0n) is 11.3. The highest BCUT2D eigenvalue weighted by Crippen LogP contribution is 2.34. The van der Waals surface area contributed by atoms with E-state index >= 15 is 0 Å². The van der Waals surface area contributed by atoms with Crippen molar-refractivity contribution in [3.05, 3.63) is 29.3 Å². The summed E-state index contributed by atoms with van der Waals surface area (Å²) in [4.78, 5) is 37.6. The normalized spacial score (nSPS) is 18.1. The van der Waals surface area contributed by atoms with Crippen molar-refractivity contribution in [3.63, 3.8) is 0 Å². The molecular weight excluding hydrogens is 280 g/mol. The molecule has 0 bridgehead atoms. The van der Waals surface area contributed by atoms with Crippen LogP contribution in [0.4, 0.5) is 10.5 Å². The molecule has 0 spiro atoms. The molecule has 0 radical (unpaired) electrons. The number of hydrogen-bond acceptors (Lipinski definition) is 3. The summed E-state index contributed by atoms with van der Waals surface area (Å²) in [5.74, 6) is -1.01. The van der Waals surface area contributed by atoms with Crippen molar-refractivity contribution < 1.29 is 14.4 Å². The van der Waals surface area contributed by atoms with Gasteiger partial charge in [-0.3, -0.25) is 14.9 Å². The van der Waals surface area contributed by atoms with Crippen molar-refractivity contribution in [2.45, 2.75) is 26.7 Å². The van der Waals surface area contributed by atoms with Gasteiger partial charge in [0.1, 0.15) is 5.41 Å². The smallest absolute Gasteiger partial charge is 0.276 e. The van der Waals surface area contributed by atoms with Crippen LogP contribution in [0.15, 0.2) is 24.3 Å². The molecule has 4 amide bonds. The predicted octanol–water partition coefficient (Wildman–Crippen LogP) is 2.73. The second-order valence-corrected chi connectivity index (χ2v) is 5.10. The van der Waals surface area contributed by atoms with Crippen LogP contribution in [0.5, 0.6) is 0 Å². The van der Waals surface area contributed by atoms with Gasteiger partial charge in [0, 0.05) is 5.02 Å². The Labute approximate surface area is 121 Å². The van der Waals surface area contributed by atoms with Gasteiger partial charge in [-0.15, -0.1) is 0 Å². The monoisotopic (exact) mass is 294 g/mol. The van der Waals surface area contributed by atoms with E-state index in [4.69, 9.17) is 11.6 Å². The van der Waals surface area contributed by atoms with Gasteiger partial charge in [0.05, 0.1) is 5.69 Å². The highest BCUT2D eigenvalue weighted by Gasteiger charge is 2.51. The first kappa shape index (κ1) is 14.5. The molecule has 1 saturated heterocycles. The Morgan fingerprint density at radius 3 is 2.15 bits per heavy atom. The number of imide groups is 2. The summed E-state index contributed by atoms with van der Waals surface area (Å²) in [6.07, 6.45) is 0.678. The Bertz CT molecular complexity index is 564. The number of rotatable bonds is 3. The molecule has 2 rings (SSSR count). The number of halogens is 1. The van der Waals surface area contributed by atoms with Gasteiger partial charge in [0.2, 0.25) is 5.91 Å². The van der Waals surface area contributed by atoms with E-state index in [2.05, 4.69) is 5.32 Å². The third-order valence-electron chi connectivity index (χ3n) is 3.76. The minimum Gasteiger partial charge on any atom is -0.276 e. The molecule has 1 aromatic rings. The van der Waals surface area contributed by atoms with Gasteiger partial charge in [0.25, 0.3) is 5.91 Å². The fourth-order valence-corrected chi connectivity index (χ4v) is 2.50. The number of nitrogens with one attached hydrogen (secondary N) is 1. The maximum atomic E-state index is 12.6. The van der Waals surface area contributed by atoms with Crippen molar-refractivity contribution in [1.29, 1.82) is 0 Å². The van der Waals surface area contributed by atoms with Crippen molar-refractivity contribution >= 4 is 35.1 Å². The SMILES string of the molecule is CCC1(CC)C(=O)NC(=O)N(c2ccc(Cl)cc2)C1=O. The van der Waals surface area contributed by atoms with Crippen LogP contribution in [0, 0.1) is 5.41 Å². The molecule has 0 atom stereocenters. The number of urea groups is 1. The van der Waals surface area contributed by atoms with Gasteiger partial charge in [-0.05, 0) is 37.1 Å². The molecule has 106 valence electrons. The summed E-state index contributed by atoms with van der Waals surface area (Å²) in [5.41, 5.74) is -0.788. The van der Waals surface area contributed by atoms with Gasteiger partial charge >= 0.3 is 6.03 Å². The van der Waals surface area contributed by atoms with Crippen LogP contribution in [0.2, 0.25) is 5.02 Å². The lowest BCUT2D eigenvalue weighted by atomic mass is 9.78. The van der Waals surface area contributed by atoms with E-state index < -0.39 is 23.3 Å². The van der Waals surface area contributed by atoms with E-state index in [-0.39, 0.29) is 0 Å². The third-order valence-corrected chi connectivity index (χ3v) is 4.01. The first-order chi connectivity index (χ1) is 9.46. The van der Waals surface area contributed by atoms with Crippen LogP contribution < -0.4 is 10.2 Å². The number of carbonyl (C=O) groups excluding carboxylic acids is 3. The Kier molecular flexibility index (Phi) is 3.81. The van der Waals surface area contributed by atoms with E-state index in [0.29, 0.717) is 23.6 Å². The first-order valence-electron chi connectivity index (χ1n) is 6.41. The summed E-state index contributed by atoms with van der Waals surface area (Å²) in [6.45, 7) is 3.52. The highest BCUT2D eigenvalue weighted by molar-refractivity contribution is 6.31.